The first-order valence-electron chi connectivity index (χ1n) is 5.03. The minimum Gasteiger partial charge on any atom is -0.486 e. The number of para-hydroxylation sites is 1. The second-order valence-electron chi connectivity index (χ2n) is 3.46. The van der Waals surface area contributed by atoms with E-state index in [-0.39, 0.29) is 18.4 Å². The van der Waals surface area contributed by atoms with E-state index < -0.39 is 6.67 Å². The van der Waals surface area contributed by atoms with Crippen molar-refractivity contribution in [3.8, 4) is 11.5 Å². The number of benzene rings is 1. The number of alkyl halides is 1. The third-order valence-electron chi connectivity index (χ3n) is 2.42. The predicted octanol–water partition coefficient (Wildman–Crippen LogP) is 2.24. The standard InChI is InChI=1S/C11H14FNO2.ClH/c12-5-4-9(13)8-2-1-3-10-11(8)15-7-6-14-10;/h1-3,9H,4-7,13H2;1H/t9-;/m1./s1. The number of nitrogens with two attached hydrogens (primary N) is 1. The van der Waals surface area contributed by atoms with E-state index >= 15 is 0 Å². The maximum absolute atomic E-state index is 12.2. The zero-order chi connectivity index (χ0) is 10.7. The molecule has 0 fully saturated rings. The van der Waals surface area contributed by atoms with Crippen LogP contribution in [0.15, 0.2) is 18.2 Å². The third-order valence-corrected chi connectivity index (χ3v) is 2.42. The number of hydrogen-bond acceptors (Lipinski definition) is 3. The van der Waals surface area contributed by atoms with Gasteiger partial charge >= 0.3 is 0 Å². The zero-order valence-corrected chi connectivity index (χ0v) is 9.63. The van der Waals surface area contributed by atoms with Crippen molar-refractivity contribution < 1.29 is 13.9 Å². The van der Waals surface area contributed by atoms with E-state index in [0.29, 0.717) is 31.1 Å². The molecule has 1 heterocycles. The van der Waals surface area contributed by atoms with Gasteiger partial charge in [0.25, 0.3) is 0 Å². The van der Waals surface area contributed by atoms with Crippen LogP contribution in [0.1, 0.15) is 18.0 Å². The lowest BCUT2D eigenvalue weighted by Crippen LogP contribution is -2.19. The summed E-state index contributed by atoms with van der Waals surface area (Å²) < 4.78 is 23.1. The van der Waals surface area contributed by atoms with E-state index in [2.05, 4.69) is 0 Å². The molecule has 0 saturated carbocycles. The number of hydrogen-bond donors (Lipinski definition) is 1. The number of ether oxygens (including phenoxy) is 2. The lowest BCUT2D eigenvalue weighted by Gasteiger charge is -2.23. The number of halogens is 2. The largest absolute Gasteiger partial charge is 0.486 e. The maximum atomic E-state index is 12.2. The molecule has 1 aromatic rings. The van der Waals surface area contributed by atoms with Gasteiger partial charge in [-0.25, -0.2) is 0 Å². The second-order valence-corrected chi connectivity index (χ2v) is 3.46. The molecule has 1 aromatic carbocycles. The van der Waals surface area contributed by atoms with E-state index in [9.17, 15) is 4.39 Å². The van der Waals surface area contributed by atoms with E-state index in [1.165, 1.54) is 0 Å². The zero-order valence-electron chi connectivity index (χ0n) is 8.82. The number of fused-ring (bicyclic) bond motifs is 1. The van der Waals surface area contributed by atoms with Gasteiger partial charge in [-0.15, -0.1) is 12.4 Å². The van der Waals surface area contributed by atoms with Gasteiger partial charge in [-0.2, -0.15) is 0 Å². The SMILES string of the molecule is Cl.N[C@H](CCF)c1cccc2c1OCCO2. The summed E-state index contributed by atoms with van der Waals surface area (Å²) in [4.78, 5) is 0. The van der Waals surface area contributed by atoms with Crippen molar-refractivity contribution in [1.82, 2.24) is 0 Å². The van der Waals surface area contributed by atoms with E-state index in [0.717, 1.165) is 5.56 Å². The molecule has 3 nitrogen and oxygen atoms in total. The fraction of sp³-hybridized carbons (Fsp3) is 0.455. The molecule has 0 aliphatic carbocycles. The highest BCUT2D eigenvalue weighted by Crippen LogP contribution is 2.36. The van der Waals surface area contributed by atoms with Gasteiger partial charge in [-0.05, 0) is 12.5 Å². The molecule has 0 bridgehead atoms. The molecule has 1 aliphatic heterocycles. The van der Waals surface area contributed by atoms with Gasteiger partial charge in [0.2, 0.25) is 0 Å². The Morgan fingerprint density at radius 2 is 2.06 bits per heavy atom. The van der Waals surface area contributed by atoms with Gasteiger partial charge in [0.1, 0.15) is 13.2 Å². The highest BCUT2D eigenvalue weighted by Gasteiger charge is 2.19. The lowest BCUT2D eigenvalue weighted by molar-refractivity contribution is 0.169. The molecule has 0 saturated heterocycles. The molecule has 0 amide bonds. The van der Waals surface area contributed by atoms with Crippen LogP contribution in [0.2, 0.25) is 0 Å². The van der Waals surface area contributed by atoms with Crippen molar-refractivity contribution in [3.63, 3.8) is 0 Å². The molecule has 2 rings (SSSR count). The first kappa shape index (κ1) is 13.1. The summed E-state index contributed by atoms with van der Waals surface area (Å²) in [7, 11) is 0. The quantitative estimate of drug-likeness (QED) is 0.891. The highest BCUT2D eigenvalue weighted by atomic mass is 35.5. The molecule has 1 atom stereocenters. The lowest BCUT2D eigenvalue weighted by atomic mass is 10.0. The van der Waals surface area contributed by atoms with Crippen molar-refractivity contribution in [3.05, 3.63) is 23.8 Å². The van der Waals surface area contributed by atoms with Crippen LogP contribution in [0.5, 0.6) is 11.5 Å². The Morgan fingerprint density at radius 1 is 1.31 bits per heavy atom. The summed E-state index contributed by atoms with van der Waals surface area (Å²) in [5.41, 5.74) is 6.68. The van der Waals surface area contributed by atoms with Crippen LogP contribution in [0.3, 0.4) is 0 Å². The van der Waals surface area contributed by atoms with Crippen LogP contribution in [-0.4, -0.2) is 19.9 Å². The fourth-order valence-electron chi connectivity index (χ4n) is 1.66. The summed E-state index contributed by atoms with van der Waals surface area (Å²) in [6.07, 6.45) is 0.305. The summed E-state index contributed by atoms with van der Waals surface area (Å²) in [5, 5.41) is 0. The van der Waals surface area contributed by atoms with Crippen LogP contribution in [0.4, 0.5) is 4.39 Å². The Hall–Kier alpha value is -1.00. The monoisotopic (exact) mass is 247 g/mol. The van der Waals surface area contributed by atoms with Gasteiger partial charge in [0, 0.05) is 11.6 Å². The summed E-state index contributed by atoms with van der Waals surface area (Å²) in [5.74, 6) is 1.37. The molecule has 2 N–H and O–H groups in total. The van der Waals surface area contributed by atoms with Gasteiger partial charge in [-0.1, -0.05) is 12.1 Å². The minimum atomic E-state index is -0.425. The fourth-order valence-corrected chi connectivity index (χ4v) is 1.66. The molecular weight excluding hydrogens is 233 g/mol. The molecule has 0 aromatic heterocycles. The van der Waals surface area contributed by atoms with Crippen LogP contribution in [0, 0.1) is 0 Å². The Kier molecular flexibility index (Phi) is 4.83. The molecule has 0 spiro atoms. The topological polar surface area (TPSA) is 44.5 Å². The molecule has 1 aliphatic rings. The Balaban J connectivity index is 0.00000128. The molecular formula is C11H15ClFNO2. The summed E-state index contributed by atoms with van der Waals surface area (Å²) >= 11 is 0. The van der Waals surface area contributed by atoms with Crippen molar-refractivity contribution in [2.24, 2.45) is 5.73 Å². The first-order valence-corrected chi connectivity index (χ1v) is 5.03. The van der Waals surface area contributed by atoms with Crippen molar-refractivity contribution in [2.75, 3.05) is 19.9 Å². The minimum absolute atomic E-state index is 0. The normalized spacial score (nSPS) is 15.1. The Labute approximate surface area is 100 Å². The van der Waals surface area contributed by atoms with Crippen LogP contribution < -0.4 is 15.2 Å². The second kappa shape index (κ2) is 5.92. The Bertz CT molecular complexity index is 349. The molecule has 16 heavy (non-hydrogen) atoms. The number of rotatable bonds is 3. The molecule has 90 valence electrons. The molecule has 0 unspecified atom stereocenters. The Morgan fingerprint density at radius 3 is 2.81 bits per heavy atom. The van der Waals surface area contributed by atoms with Gasteiger partial charge in [0.05, 0.1) is 6.67 Å². The van der Waals surface area contributed by atoms with Crippen LogP contribution >= 0.6 is 12.4 Å². The first-order chi connectivity index (χ1) is 7.33. The van der Waals surface area contributed by atoms with E-state index in [4.69, 9.17) is 15.2 Å². The highest BCUT2D eigenvalue weighted by molar-refractivity contribution is 5.85. The average Bonchev–Trinajstić information content (AvgIpc) is 2.28. The summed E-state index contributed by atoms with van der Waals surface area (Å²) in [6.45, 7) is 0.646. The van der Waals surface area contributed by atoms with Gasteiger partial charge in [0.15, 0.2) is 11.5 Å². The summed E-state index contributed by atoms with van der Waals surface area (Å²) in [6, 6.07) is 5.21. The average molecular weight is 248 g/mol. The van der Waals surface area contributed by atoms with E-state index in [1.54, 1.807) is 0 Å². The van der Waals surface area contributed by atoms with Gasteiger partial charge < -0.3 is 15.2 Å². The smallest absolute Gasteiger partial charge is 0.166 e. The van der Waals surface area contributed by atoms with Crippen LogP contribution in [0.25, 0.3) is 0 Å². The maximum Gasteiger partial charge on any atom is 0.166 e. The van der Waals surface area contributed by atoms with Crippen LogP contribution in [-0.2, 0) is 0 Å². The third kappa shape index (κ3) is 2.57. The van der Waals surface area contributed by atoms with Gasteiger partial charge in [-0.3, -0.25) is 4.39 Å². The molecule has 0 radical (unpaired) electrons. The molecule has 5 heteroatoms. The predicted molar refractivity (Wildman–Crippen MR) is 62.2 cm³/mol. The van der Waals surface area contributed by atoms with E-state index in [1.807, 2.05) is 18.2 Å². The van der Waals surface area contributed by atoms with Crippen molar-refractivity contribution in [1.29, 1.82) is 0 Å². The van der Waals surface area contributed by atoms with Crippen molar-refractivity contribution in [2.45, 2.75) is 12.5 Å². The van der Waals surface area contributed by atoms with Crippen molar-refractivity contribution >= 4 is 12.4 Å².